The molecule has 1 heterocycles. The number of carbonyl (C=O) groups is 1. The van der Waals surface area contributed by atoms with E-state index in [1.165, 1.54) is 55.3 Å². The molecule has 1 aromatic carbocycles. The van der Waals surface area contributed by atoms with Crippen molar-refractivity contribution < 1.29 is 4.79 Å². The van der Waals surface area contributed by atoms with Crippen LogP contribution in [0.2, 0.25) is 0 Å². The van der Waals surface area contributed by atoms with Crippen molar-refractivity contribution in [2.45, 2.75) is 119 Å². The van der Waals surface area contributed by atoms with Crippen LogP contribution in [0.3, 0.4) is 0 Å². The Bertz CT molecular complexity index is 862. The van der Waals surface area contributed by atoms with Crippen molar-refractivity contribution in [2.75, 3.05) is 0 Å². The molecular formula is C31H50N2O. The van der Waals surface area contributed by atoms with Gasteiger partial charge in [-0.15, -0.1) is 0 Å². The highest BCUT2D eigenvalue weighted by atomic mass is 16.1. The molecule has 2 N–H and O–H groups in total. The van der Waals surface area contributed by atoms with Crippen molar-refractivity contribution >= 4 is 5.78 Å². The van der Waals surface area contributed by atoms with E-state index >= 15 is 0 Å². The van der Waals surface area contributed by atoms with E-state index in [0.717, 1.165) is 23.3 Å². The molecule has 4 rings (SSSR count). The van der Waals surface area contributed by atoms with Gasteiger partial charge in [-0.2, -0.15) is 0 Å². The quantitative estimate of drug-likeness (QED) is 0.429. The minimum atomic E-state index is 0.183. The molecule has 0 amide bonds. The molecule has 1 aliphatic heterocycles. The molecule has 3 aliphatic rings. The van der Waals surface area contributed by atoms with Crippen LogP contribution in [0.4, 0.5) is 0 Å². The minimum absolute atomic E-state index is 0.183. The predicted octanol–water partition coefficient (Wildman–Crippen LogP) is 7.59. The number of benzene rings is 1. The second-order valence-corrected chi connectivity index (χ2v) is 10.8. The van der Waals surface area contributed by atoms with Gasteiger partial charge >= 0.3 is 0 Å². The number of hydrogen-bond donors (Lipinski definition) is 1. The Kier molecular flexibility index (Phi) is 10.0. The number of rotatable bonds is 8. The maximum absolute atomic E-state index is 12.2. The number of hydrogen-bond acceptors (Lipinski definition) is 3. The lowest BCUT2D eigenvalue weighted by atomic mass is 9.75. The standard InChI is InChI=1S/C17H26N2O.C12H18.C2H6/c1-9(2)8-12-13(11(4)20)14-15(18)10(3)16(14)19(12)17(5)6-7-17;1-3-5-11-7-9-12(6-4-2)10-8-11;1-2/h9-10,16H,6-8,18H2,1-5H3;7-10H,3-6H2,1-2H3;1-2H3. The third kappa shape index (κ3) is 5.96. The van der Waals surface area contributed by atoms with Gasteiger partial charge in [0.05, 0.1) is 6.04 Å². The van der Waals surface area contributed by atoms with Crippen LogP contribution >= 0.6 is 0 Å². The lowest BCUT2D eigenvalue weighted by Gasteiger charge is -2.45. The zero-order chi connectivity index (χ0) is 25.6. The molecule has 0 radical (unpaired) electrons. The lowest BCUT2D eigenvalue weighted by Crippen LogP contribution is -2.50. The van der Waals surface area contributed by atoms with E-state index in [4.69, 9.17) is 5.73 Å². The van der Waals surface area contributed by atoms with Crippen LogP contribution < -0.4 is 5.73 Å². The van der Waals surface area contributed by atoms with Crippen molar-refractivity contribution in [3.8, 4) is 0 Å². The van der Waals surface area contributed by atoms with Gasteiger partial charge in [0.15, 0.2) is 5.78 Å². The molecule has 3 heteroatoms. The molecule has 3 nitrogen and oxygen atoms in total. The second kappa shape index (κ2) is 12.1. The minimum Gasteiger partial charge on any atom is -0.401 e. The maximum atomic E-state index is 12.2. The normalized spacial score (nSPS) is 21.9. The van der Waals surface area contributed by atoms with E-state index in [0.29, 0.717) is 17.9 Å². The zero-order valence-electron chi connectivity index (χ0n) is 23.4. The average molecular weight is 467 g/mol. The smallest absolute Gasteiger partial charge is 0.161 e. The number of Topliss-reactive ketones (excluding diaryl/α,β-unsaturated/α-hetero) is 1. The summed E-state index contributed by atoms with van der Waals surface area (Å²) < 4.78 is 0. The third-order valence-electron chi connectivity index (χ3n) is 7.31. The first-order valence-corrected chi connectivity index (χ1v) is 13.8. The number of carbonyl (C=O) groups excluding carboxylic acids is 1. The summed E-state index contributed by atoms with van der Waals surface area (Å²) in [4.78, 5) is 14.8. The molecule has 2 aliphatic carbocycles. The summed E-state index contributed by atoms with van der Waals surface area (Å²) in [6.45, 7) is 19.1. The first-order chi connectivity index (χ1) is 16.1. The van der Waals surface area contributed by atoms with E-state index in [2.05, 4.69) is 70.7 Å². The molecule has 0 aromatic heterocycles. The SMILES string of the molecule is CC.CC(=O)C1=C(CC(C)C)N(C2(C)CC2)C2C1=C(N)C2C.CCCc1ccc(CCC)cc1. The highest BCUT2D eigenvalue weighted by Gasteiger charge is 2.57. The van der Waals surface area contributed by atoms with Crippen molar-refractivity contribution in [1.82, 2.24) is 4.90 Å². The summed E-state index contributed by atoms with van der Waals surface area (Å²) in [5.41, 5.74) is 13.7. The number of fused-ring (bicyclic) bond motifs is 1. The van der Waals surface area contributed by atoms with Gasteiger partial charge in [0, 0.05) is 34.0 Å². The molecule has 0 saturated heterocycles. The Morgan fingerprint density at radius 2 is 1.53 bits per heavy atom. The van der Waals surface area contributed by atoms with E-state index in [1.54, 1.807) is 6.92 Å². The molecule has 190 valence electrons. The third-order valence-corrected chi connectivity index (χ3v) is 7.31. The van der Waals surface area contributed by atoms with Gasteiger partial charge in [-0.05, 0) is 63.0 Å². The molecule has 34 heavy (non-hydrogen) atoms. The molecule has 0 bridgehead atoms. The van der Waals surface area contributed by atoms with Crippen LogP contribution in [-0.4, -0.2) is 22.3 Å². The largest absolute Gasteiger partial charge is 0.401 e. The molecule has 0 spiro atoms. The molecule has 1 fully saturated rings. The molecule has 1 saturated carbocycles. The summed E-state index contributed by atoms with van der Waals surface area (Å²) in [6.07, 6.45) is 8.36. The fraction of sp³-hybridized carbons (Fsp3) is 0.645. The van der Waals surface area contributed by atoms with Gasteiger partial charge in [-0.1, -0.05) is 85.6 Å². The van der Waals surface area contributed by atoms with Crippen LogP contribution in [-0.2, 0) is 17.6 Å². The number of ketones is 1. The molecule has 2 atom stereocenters. The van der Waals surface area contributed by atoms with Gasteiger partial charge < -0.3 is 10.6 Å². The molecular weight excluding hydrogens is 416 g/mol. The summed E-state index contributed by atoms with van der Waals surface area (Å²) in [5, 5.41) is 0. The fourth-order valence-corrected chi connectivity index (χ4v) is 5.34. The molecule has 2 unspecified atom stereocenters. The van der Waals surface area contributed by atoms with Crippen molar-refractivity contribution in [3.63, 3.8) is 0 Å². The Morgan fingerprint density at radius 1 is 1.06 bits per heavy atom. The first kappa shape index (κ1) is 28.2. The van der Waals surface area contributed by atoms with Crippen LogP contribution in [0.5, 0.6) is 0 Å². The van der Waals surface area contributed by atoms with E-state index in [9.17, 15) is 4.79 Å². The number of nitrogens with zero attached hydrogens (tertiary/aromatic N) is 1. The highest BCUT2D eigenvalue weighted by molar-refractivity contribution is 6.01. The predicted molar refractivity (Wildman–Crippen MR) is 147 cm³/mol. The number of nitrogens with two attached hydrogens (primary N) is 1. The summed E-state index contributed by atoms with van der Waals surface area (Å²) in [6, 6.07) is 9.39. The van der Waals surface area contributed by atoms with E-state index < -0.39 is 0 Å². The highest BCUT2D eigenvalue weighted by Crippen LogP contribution is 2.57. The number of aryl methyl sites for hydroxylation is 2. The Labute approximate surface area is 209 Å². The van der Waals surface area contributed by atoms with Crippen LogP contribution in [0.25, 0.3) is 0 Å². The molecule has 1 aromatic rings. The Morgan fingerprint density at radius 3 is 1.88 bits per heavy atom. The van der Waals surface area contributed by atoms with Crippen molar-refractivity contribution in [1.29, 1.82) is 0 Å². The fourth-order valence-electron chi connectivity index (χ4n) is 5.34. The van der Waals surface area contributed by atoms with Crippen LogP contribution in [0.1, 0.15) is 106 Å². The van der Waals surface area contributed by atoms with Gasteiger partial charge in [-0.25, -0.2) is 0 Å². The zero-order valence-corrected chi connectivity index (χ0v) is 23.4. The Hall–Kier alpha value is -2.03. The van der Waals surface area contributed by atoms with Gasteiger partial charge in [-0.3, -0.25) is 4.79 Å². The van der Waals surface area contributed by atoms with Crippen LogP contribution in [0, 0.1) is 11.8 Å². The van der Waals surface area contributed by atoms with E-state index in [-0.39, 0.29) is 11.3 Å². The monoisotopic (exact) mass is 466 g/mol. The van der Waals surface area contributed by atoms with Crippen molar-refractivity contribution in [3.05, 3.63) is 57.9 Å². The average Bonchev–Trinajstić information content (AvgIpc) is 3.47. The van der Waals surface area contributed by atoms with E-state index in [1.807, 2.05) is 13.8 Å². The van der Waals surface area contributed by atoms with Gasteiger partial charge in [0.1, 0.15) is 0 Å². The lowest BCUT2D eigenvalue weighted by molar-refractivity contribution is -0.113. The first-order valence-electron chi connectivity index (χ1n) is 13.8. The topological polar surface area (TPSA) is 46.3 Å². The Balaban J connectivity index is 0.000000251. The van der Waals surface area contributed by atoms with Crippen molar-refractivity contribution in [2.24, 2.45) is 17.6 Å². The van der Waals surface area contributed by atoms with Gasteiger partial charge in [0.25, 0.3) is 0 Å². The number of allylic oxidation sites excluding steroid dienone is 1. The maximum Gasteiger partial charge on any atom is 0.161 e. The van der Waals surface area contributed by atoms with Gasteiger partial charge in [0.2, 0.25) is 0 Å². The summed E-state index contributed by atoms with van der Waals surface area (Å²) in [7, 11) is 0. The summed E-state index contributed by atoms with van der Waals surface area (Å²) in [5.74, 6) is 1.11. The van der Waals surface area contributed by atoms with Crippen LogP contribution in [0.15, 0.2) is 46.8 Å². The second-order valence-electron chi connectivity index (χ2n) is 10.8. The summed E-state index contributed by atoms with van der Waals surface area (Å²) >= 11 is 0.